The number of sulfonamides is 1. The number of hydrogen-bond donors (Lipinski definition) is 3. The second-order valence-electron chi connectivity index (χ2n) is 4.30. The van der Waals surface area contributed by atoms with E-state index in [2.05, 4.69) is 9.71 Å². The predicted octanol–water partition coefficient (Wildman–Crippen LogP) is 1.47. The number of nitrogen functional groups attached to an aromatic ring is 1. The smallest absolute Gasteiger partial charge is 0.335 e. The molecule has 1 heterocycles. The van der Waals surface area contributed by atoms with Crippen LogP contribution >= 0.6 is 0 Å². The number of nitrogens with one attached hydrogen (secondary N) is 1. The zero-order valence-electron chi connectivity index (χ0n) is 11.1. The fourth-order valence-electron chi connectivity index (χ4n) is 1.72. The van der Waals surface area contributed by atoms with E-state index < -0.39 is 16.0 Å². The molecule has 0 atom stereocenters. The molecule has 0 bridgehead atoms. The fourth-order valence-corrected chi connectivity index (χ4v) is 2.95. The average Bonchev–Trinajstić information content (AvgIpc) is 2.40. The van der Waals surface area contributed by atoms with Gasteiger partial charge in [-0.1, -0.05) is 0 Å². The fraction of sp³-hybridized carbons (Fsp3) is 0.0769. The quantitative estimate of drug-likeness (QED) is 0.735. The highest BCUT2D eigenvalue weighted by atomic mass is 32.2. The molecular weight excluding hydrogens is 294 g/mol. The number of aromatic carboxylic acids is 1. The minimum Gasteiger partial charge on any atom is -0.478 e. The van der Waals surface area contributed by atoms with Crippen LogP contribution in [0.4, 0.5) is 11.4 Å². The van der Waals surface area contributed by atoms with E-state index >= 15 is 0 Å². The first-order valence-corrected chi connectivity index (χ1v) is 7.37. The van der Waals surface area contributed by atoms with E-state index in [1.807, 2.05) is 0 Å². The van der Waals surface area contributed by atoms with E-state index in [4.69, 9.17) is 10.8 Å². The Morgan fingerprint density at radius 1 is 1.33 bits per heavy atom. The lowest BCUT2D eigenvalue weighted by Crippen LogP contribution is -2.16. The van der Waals surface area contributed by atoms with E-state index in [1.54, 1.807) is 25.3 Å². The highest BCUT2D eigenvalue weighted by Crippen LogP contribution is 2.23. The number of anilines is 2. The van der Waals surface area contributed by atoms with Gasteiger partial charge in [0.25, 0.3) is 10.0 Å². The molecule has 0 unspecified atom stereocenters. The van der Waals surface area contributed by atoms with Crippen molar-refractivity contribution >= 4 is 27.4 Å². The molecule has 8 heteroatoms. The molecule has 110 valence electrons. The van der Waals surface area contributed by atoms with Crippen molar-refractivity contribution in [1.82, 2.24) is 4.98 Å². The normalized spacial score (nSPS) is 11.1. The monoisotopic (exact) mass is 307 g/mol. The Bertz CT molecular complexity index is 803. The number of carboxylic acids is 1. The number of hydrogen-bond acceptors (Lipinski definition) is 5. The number of pyridine rings is 1. The summed E-state index contributed by atoms with van der Waals surface area (Å²) in [5.41, 5.74) is 6.27. The third kappa shape index (κ3) is 3.11. The minimum atomic E-state index is -3.92. The second kappa shape index (κ2) is 5.41. The van der Waals surface area contributed by atoms with E-state index in [0.717, 1.165) is 12.1 Å². The number of aryl methyl sites for hydroxylation is 1. The van der Waals surface area contributed by atoms with Gasteiger partial charge in [-0.2, -0.15) is 0 Å². The summed E-state index contributed by atoms with van der Waals surface area (Å²) in [5.74, 6) is -1.18. The molecule has 2 aromatic rings. The number of nitrogens with zero attached hydrogens (tertiary/aromatic N) is 1. The van der Waals surface area contributed by atoms with Gasteiger partial charge in [-0.3, -0.25) is 9.71 Å². The van der Waals surface area contributed by atoms with Crippen LogP contribution in [0.2, 0.25) is 0 Å². The highest BCUT2D eigenvalue weighted by Gasteiger charge is 2.19. The maximum atomic E-state index is 12.3. The lowest BCUT2D eigenvalue weighted by molar-refractivity contribution is 0.0697. The van der Waals surface area contributed by atoms with Gasteiger partial charge in [0.1, 0.15) is 4.90 Å². The Balaban J connectivity index is 2.41. The van der Waals surface area contributed by atoms with Gasteiger partial charge < -0.3 is 10.8 Å². The second-order valence-corrected chi connectivity index (χ2v) is 5.95. The summed E-state index contributed by atoms with van der Waals surface area (Å²) in [4.78, 5) is 14.6. The van der Waals surface area contributed by atoms with Gasteiger partial charge >= 0.3 is 5.97 Å². The summed E-state index contributed by atoms with van der Waals surface area (Å²) < 4.78 is 27.0. The van der Waals surface area contributed by atoms with Gasteiger partial charge in [0.05, 0.1) is 22.6 Å². The molecule has 0 radical (unpaired) electrons. The lowest BCUT2D eigenvalue weighted by Gasteiger charge is -2.11. The maximum absolute atomic E-state index is 12.3. The van der Waals surface area contributed by atoms with Crippen molar-refractivity contribution in [2.24, 2.45) is 0 Å². The molecule has 0 aliphatic heterocycles. The Labute approximate surface area is 121 Å². The molecule has 4 N–H and O–H groups in total. The van der Waals surface area contributed by atoms with Crippen molar-refractivity contribution in [2.75, 3.05) is 10.5 Å². The van der Waals surface area contributed by atoms with Gasteiger partial charge in [-0.05, 0) is 37.3 Å². The van der Waals surface area contributed by atoms with Crippen LogP contribution in [0.25, 0.3) is 0 Å². The standard InChI is InChI=1S/C13H13N3O4S/c1-8-11(3-2-6-15-8)16-21(19,20)12-5-4-9(13(17)18)7-10(12)14/h2-7,16H,14H2,1H3,(H,17,18). The van der Waals surface area contributed by atoms with Crippen molar-refractivity contribution in [3.63, 3.8) is 0 Å². The van der Waals surface area contributed by atoms with E-state index in [-0.39, 0.29) is 16.1 Å². The largest absolute Gasteiger partial charge is 0.478 e. The summed E-state index contributed by atoms with van der Waals surface area (Å²) >= 11 is 0. The zero-order chi connectivity index (χ0) is 15.6. The van der Waals surface area contributed by atoms with Crippen molar-refractivity contribution in [1.29, 1.82) is 0 Å². The molecule has 1 aromatic heterocycles. The first-order valence-electron chi connectivity index (χ1n) is 5.88. The molecule has 0 saturated heterocycles. The van der Waals surface area contributed by atoms with Gasteiger partial charge in [-0.25, -0.2) is 13.2 Å². The number of aromatic nitrogens is 1. The van der Waals surface area contributed by atoms with Crippen molar-refractivity contribution in [2.45, 2.75) is 11.8 Å². The van der Waals surface area contributed by atoms with Gasteiger partial charge in [-0.15, -0.1) is 0 Å². The Morgan fingerprint density at radius 3 is 2.62 bits per heavy atom. The molecule has 1 aromatic carbocycles. The predicted molar refractivity (Wildman–Crippen MR) is 77.6 cm³/mol. The van der Waals surface area contributed by atoms with E-state index in [1.165, 1.54) is 6.07 Å². The number of nitrogens with two attached hydrogens (primary N) is 1. The summed E-state index contributed by atoms with van der Waals surface area (Å²) in [6.45, 7) is 1.66. The summed E-state index contributed by atoms with van der Waals surface area (Å²) in [6, 6.07) is 6.62. The van der Waals surface area contributed by atoms with Crippen LogP contribution in [-0.2, 0) is 10.0 Å². The van der Waals surface area contributed by atoms with Crippen molar-refractivity contribution in [3.05, 3.63) is 47.8 Å². The van der Waals surface area contributed by atoms with Crippen LogP contribution < -0.4 is 10.5 Å². The zero-order valence-corrected chi connectivity index (χ0v) is 11.9. The first kappa shape index (κ1) is 14.8. The third-order valence-electron chi connectivity index (χ3n) is 2.80. The average molecular weight is 307 g/mol. The lowest BCUT2D eigenvalue weighted by atomic mass is 10.2. The topological polar surface area (TPSA) is 122 Å². The van der Waals surface area contributed by atoms with Crippen molar-refractivity contribution < 1.29 is 18.3 Å². The molecule has 0 aliphatic carbocycles. The number of benzene rings is 1. The minimum absolute atomic E-state index is 0.0796. The maximum Gasteiger partial charge on any atom is 0.335 e. The van der Waals surface area contributed by atoms with Gasteiger partial charge in [0, 0.05) is 6.20 Å². The molecule has 0 fully saturated rings. The number of carboxylic acid groups (broad SMARTS) is 1. The van der Waals surface area contributed by atoms with Crippen LogP contribution in [0.5, 0.6) is 0 Å². The highest BCUT2D eigenvalue weighted by molar-refractivity contribution is 7.92. The Kier molecular flexibility index (Phi) is 3.81. The molecule has 7 nitrogen and oxygen atoms in total. The van der Waals surface area contributed by atoms with Crippen LogP contribution in [-0.4, -0.2) is 24.5 Å². The summed E-state index contributed by atoms with van der Waals surface area (Å²) in [5, 5.41) is 8.85. The molecule has 0 aliphatic rings. The summed E-state index contributed by atoms with van der Waals surface area (Å²) in [7, 11) is -3.92. The first-order chi connectivity index (χ1) is 9.81. The summed E-state index contributed by atoms with van der Waals surface area (Å²) in [6.07, 6.45) is 1.54. The molecule has 2 rings (SSSR count). The Morgan fingerprint density at radius 2 is 2.05 bits per heavy atom. The van der Waals surface area contributed by atoms with Crippen molar-refractivity contribution in [3.8, 4) is 0 Å². The number of rotatable bonds is 4. The van der Waals surface area contributed by atoms with Crippen LogP contribution in [0.3, 0.4) is 0 Å². The SMILES string of the molecule is Cc1ncccc1NS(=O)(=O)c1ccc(C(=O)O)cc1N. The van der Waals surface area contributed by atoms with Gasteiger partial charge in [0.2, 0.25) is 0 Å². The Hall–Kier alpha value is -2.61. The van der Waals surface area contributed by atoms with Crippen LogP contribution in [0, 0.1) is 6.92 Å². The van der Waals surface area contributed by atoms with Gasteiger partial charge in [0.15, 0.2) is 0 Å². The molecular formula is C13H13N3O4S. The molecule has 0 amide bonds. The molecule has 21 heavy (non-hydrogen) atoms. The molecule has 0 spiro atoms. The molecule has 0 saturated carbocycles. The van der Waals surface area contributed by atoms with Crippen LogP contribution in [0.1, 0.15) is 16.1 Å². The van der Waals surface area contributed by atoms with E-state index in [9.17, 15) is 13.2 Å². The van der Waals surface area contributed by atoms with E-state index in [0.29, 0.717) is 11.4 Å². The third-order valence-corrected chi connectivity index (χ3v) is 4.24. The number of carbonyl (C=O) groups is 1. The van der Waals surface area contributed by atoms with Crippen LogP contribution in [0.15, 0.2) is 41.4 Å².